The minimum atomic E-state index is -0.760. The van der Waals surface area contributed by atoms with Crippen molar-refractivity contribution in [3.05, 3.63) is 0 Å². The fraction of sp³-hybridized carbons (Fsp3) is 1.00. The van der Waals surface area contributed by atoms with E-state index in [0.29, 0.717) is 12.6 Å². The van der Waals surface area contributed by atoms with Crippen LogP contribution in [0.3, 0.4) is 0 Å². The third-order valence-electron chi connectivity index (χ3n) is 2.67. The molecule has 3 heteroatoms. The van der Waals surface area contributed by atoms with Gasteiger partial charge in [0, 0.05) is 25.2 Å². The zero-order valence-corrected chi connectivity index (χ0v) is 8.79. The average molecular weight is 189 g/mol. The quantitative estimate of drug-likeness (QED) is 0.657. The molecule has 2 atom stereocenters. The SMILES string of the molecule is CC(F)C1CCOCCN1C(C)C. The van der Waals surface area contributed by atoms with Crippen molar-refractivity contribution in [3.8, 4) is 0 Å². The van der Waals surface area contributed by atoms with Gasteiger partial charge in [-0.2, -0.15) is 0 Å². The Morgan fingerprint density at radius 3 is 2.54 bits per heavy atom. The Bertz CT molecular complexity index is 134. The van der Waals surface area contributed by atoms with Crippen LogP contribution in [-0.2, 0) is 4.74 Å². The van der Waals surface area contributed by atoms with Crippen LogP contribution in [0.5, 0.6) is 0 Å². The van der Waals surface area contributed by atoms with E-state index >= 15 is 0 Å². The van der Waals surface area contributed by atoms with Gasteiger partial charge in [0.05, 0.1) is 6.61 Å². The lowest BCUT2D eigenvalue weighted by atomic mass is 10.1. The van der Waals surface area contributed by atoms with E-state index in [1.807, 2.05) is 0 Å². The Labute approximate surface area is 80.1 Å². The summed E-state index contributed by atoms with van der Waals surface area (Å²) in [6.07, 6.45) is 0.0552. The third kappa shape index (κ3) is 2.92. The van der Waals surface area contributed by atoms with Crippen LogP contribution >= 0.6 is 0 Å². The molecule has 2 nitrogen and oxygen atoms in total. The predicted octanol–water partition coefficient (Wildman–Crippen LogP) is 1.84. The van der Waals surface area contributed by atoms with E-state index in [1.165, 1.54) is 0 Å². The van der Waals surface area contributed by atoms with Crippen LogP contribution in [0.15, 0.2) is 0 Å². The maximum atomic E-state index is 13.3. The van der Waals surface area contributed by atoms with Crippen LogP contribution < -0.4 is 0 Å². The highest BCUT2D eigenvalue weighted by molar-refractivity contribution is 4.80. The van der Waals surface area contributed by atoms with E-state index in [1.54, 1.807) is 6.92 Å². The van der Waals surface area contributed by atoms with Crippen molar-refractivity contribution in [2.24, 2.45) is 0 Å². The highest BCUT2D eigenvalue weighted by Gasteiger charge is 2.27. The molecule has 1 rings (SSSR count). The summed E-state index contributed by atoms with van der Waals surface area (Å²) in [5.41, 5.74) is 0. The molecule has 0 aromatic rings. The highest BCUT2D eigenvalue weighted by Crippen LogP contribution is 2.17. The van der Waals surface area contributed by atoms with Gasteiger partial charge in [-0.3, -0.25) is 4.90 Å². The Morgan fingerprint density at radius 2 is 2.00 bits per heavy atom. The number of nitrogens with zero attached hydrogens (tertiary/aromatic N) is 1. The molecule has 0 bridgehead atoms. The third-order valence-corrected chi connectivity index (χ3v) is 2.67. The second-order valence-electron chi connectivity index (χ2n) is 3.98. The largest absolute Gasteiger partial charge is 0.380 e. The minimum absolute atomic E-state index is 0.0440. The zero-order valence-electron chi connectivity index (χ0n) is 8.79. The molecule has 78 valence electrons. The molecule has 13 heavy (non-hydrogen) atoms. The maximum Gasteiger partial charge on any atom is 0.113 e. The molecule has 2 unspecified atom stereocenters. The number of halogens is 1. The van der Waals surface area contributed by atoms with Gasteiger partial charge in [-0.15, -0.1) is 0 Å². The van der Waals surface area contributed by atoms with E-state index in [9.17, 15) is 4.39 Å². The van der Waals surface area contributed by atoms with Crippen molar-refractivity contribution >= 4 is 0 Å². The summed E-state index contributed by atoms with van der Waals surface area (Å²) in [5, 5.41) is 0. The Balaban J connectivity index is 2.61. The van der Waals surface area contributed by atoms with Crippen molar-refractivity contribution in [1.29, 1.82) is 0 Å². The maximum absolute atomic E-state index is 13.3. The molecule has 0 spiro atoms. The van der Waals surface area contributed by atoms with Gasteiger partial charge in [-0.1, -0.05) is 0 Å². The number of hydrogen-bond donors (Lipinski definition) is 0. The molecule has 1 fully saturated rings. The zero-order chi connectivity index (χ0) is 9.84. The number of ether oxygens (including phenoxy) is 1. The second kappa shape index (κ2) is 4.91. The van der Waals surface area contributed by atoms with Gasteiger partial charge >= 0.3 is 0 Å². The van der Waals surface area contributed by atoms with Gasteiger partial charge in [0.25, 0.3) is 0 Å². The lowest BCUT2D eigenvalue weighted by Crippen LogP contribution is -2.45. The van der Waals surface area contributed by atoms with Gasteiger partial charge in [0.2, 0.25) is 0 Å². The monoisotopic (exact) mass is 189 g/mol. The first-order valence-corrected chi connectivity index (χ1v) is 5.10. The molecular weight excluding hydrogens is 169 g/mol. The standard InChI is InChI=1S/C10H20FNO/c1-8(2)12-5-7-13-6-4-10(12)9(3)11/h8-10H,4-7H2,1-3H3. The summed E-state index contributed by atoms with van der Waals surface area (Å²) in [5.74, 6) is 0. The molecule has 1 aliphatic rings. The molecular formula is C10H20FNO. The van der Waals surface area contributed by atoms with Crippen LogP contribution in [-0.4, -0.2) is 42.9 Å². The van der Waals surface area contributed by atoms with E-state index in [0.717, 1.165) is 19.6 Å². The van der Waals surface area contributed by atoms with E-state index in [-0.39, 0.29) is 6.04 Å². The molecule has 0 aromatic carbocycles. The molecule has 0 aliphatic carbocycles. The van der Waals surface area contributed by atoms with Crippen LogP contribution in [0.25, 0.3) is 0 Å². The van der Waals surface area contributed by atoms with Crippen LogP contribution in [0, 0.1) is 0 Å². The van der Waals surface area contributed by atoms with Crippen LogP contribution in [0.4, 0.5) is 4.39 Å². The summed E-state index contributed by atoms with van der Waals surface area (Å²) in [7, 11) is 0. The summed E-state index contributed by atoms with van der Waals surface area (Å²) < 4.78 is 18.6. The molecule has 0 amide bonds. The molecule has 0 saturated carbocycles. The minimum Gasteiger partial charge on any atom is -0.380 e. The number of alkyl halides is 1. The predicted molar refractivity (Wildman–Crippen MR) is 51.6 cm³/mol. The van der Waals surface area contributed by atoms with Crippen molar-refractivity contribution in [1.82, 2.24) is 4.90 Å². The van der Waals surface area contributed by atoms with Crippen molar-refractivity contribution < 1.29 is 9.13 Å². The van der Waals surface area contributed by atoms with Gasteiger partial charge in [0.15, 0.2) is 0 Å². The highest BCUT2D eigenvalue weighted by atomic mass is 19.1. The van der Waals surface area contributed by atoms with Crippen molar-refractivity contribution in [3.63, 3.8) is 0 Å². The molecule has 1 aliphatic heterocycles. The second-order valence-corrected chi connectivity index (χ2v) is 3.98. The van der Waals surface area contributed by atoms with Crippen molar-refractivity contribution in [2.75, 3.05) is 19.8 Å². The Hall–Kier alpha value is -0.150. The summed E-state index contributed by atoms with van der Waals surface area (Å²) in [6.45, 7) is 8.16. The van der Waals surface area contributed by atoms with Gasteiger partial charge in [0.1, 0.15) is 6.17 Å². The molecule has 1 heterocycles. The summed E-state index contributed by atoms with van der Waals surface area (Å²) in [6, 6.07) is 0.451. The van der Waals surface area contributed by atoms with E-state index in [2.05, 4.69) is 18.7 Å². The van der Waals surface area contributed by atoms with Gasteiger partial charge < -0.3 is 4.74 Å². The lowest BCUT2D eigenvalue weighted by Gasteiger charge is -2.33. The fourth-order valence-corrected chi connectivity index (χ4v) is 1.94. The Kier molecular flexibility index (Phi) is 4.13. The topological polar surface area (TPSA) is 12.5 Å². The first kappa shape index (κ1) is 10.9. The molecule has 0 aromatic heterocycles. The molecule has 1 saturated heterocycles. The number of hydrogen-bond acceptors (Lipinski definition) is 2. The average Bonchev–Trinajstić information content (AvgIpc) is 2.27. The van der Waals surface area contributed by atoms with E-state index in [4.69, 9.17) is 4.74 Å². The van der Waals surface area contributed by atoms with E-state index < -0.39 is 6.17 Å². The van der Waals surface area contributed by atoms with Gasteiger partial charge in [-0.25, -0.2) is 4.39 Å². The lowest BCUT2D eigenvalue weighted by molar-refractivity contribution is 0.0940. The number of rotatable bonds is 2. The Morgan fingerprint density at radius 1 is 1.31 bits per heavy atom. The first-order valence-electron chi connectivity index (χ1n) is 5.10. The van der Waals surface area contributed by atoms with Crippen LogP contribution in [0.2, 0.25) is 0 Å². The smallest absolute Gasteiger partial charge is 0.113 e. The van der Waals surface area contributed by atoms with Crippen molar-refractivity contribution in [2.45, 2.75) is 45.4 Å². The summed E-state index contributed by atoms with van der Waals surface area (Å²) in [4.78, 5) is 2.21. The fourth-order valence-electron chi connectivity index (χ4n) is 1.94. The summed E-state index contributed by atoms with van der Waals surface area (Å²) >= 11 is 0. The molecule has 0 radical (unpaired) electrons. The first-order chi connectivity index (χ1) is 6.13. The van der Waals surface area contributed by atoms with Crippen LogP contribution in [0.1, 0.15) is 27.2 Å². The normalized spacial score (nSPS) is 28.8. The molecule has 0 N–H and O–H groups in total. The van der Waals surface area contributed by atoms with Gasteiger partial charge in [-0.05, 0) is 27.2 Å².